The second kappa shape index (κ2) is 4.02. The van der Waals surface area contributed by atoms with Crippen LogP contribution in [0.1, 0.15) is 12.6 Å². The highest BCUT2D eigenvalue weighted by Gasteiger charge is 2.31. The lowest BCUT2D eigenvalue weighted by Crippen LogP contribution is -2.30. The van der Waals surface area contributed by atoms with Crippen LogP contribution in [0, 0.1) is 6.92 Å². The Morgan fingerprint density at radius 1 is 1.11 bits per heavy atom. The molecule has 0 fully saturated rings. The number of para-hydroxylation sites is 1. The maximum absolute atomic E-state index is 12.1. The fraction of sp³-hybridized carbons (Fsp3) is 0.133. The molecule has 0 aliphatic carbocycles. The molecule has 1 aromatic carbocycles. The van der Waals surface area contributed by atoms with E-state index in [2.05, 4.69) is 4.98 Å². The van der Waals surface area contributed by atoms with Gasteiger partial charge in [-0.2, -0.15) is 0 Å². The quantitative estimate of drug-likeness (QED) is 0.732. The molecule has 0 saturated carbocycles. The van der Waals surface area contributed by atoms with E-state index in [1.165, 1.54) is 11.0 Å². The summed E-state index contributed by atoms with van der Waals surface area (Å²) in [5.74, 6) is -0.556. The van der Waals surface area contributed by atoms with E-state index in [4.69, 9.17) is 0 Å². The number of hydrogen-bond donors (Lipinski definition) is 0. The van der Waals surface area contributed by atoms with Crippen LogP contribution < -0.4 is 4.90 Å². The summed E-state index contributed by atoms with van der Waals surface area (Å²) in [7, 11) is 0. The van der Waals surface area contributed by atoms with Crippen molar-refractivity contribution in [1.82, 2.24) is 4.98 Å². The highest BCUT2D eigenvalue weighted by atomic mass is 16.2. The van der Waals surface area contributed by atoms with Crippen LogP contribution in [-0.4, -0.2) is 16.8 Å². The van der Waals surface area contributed by atoms with E-state index in [0.717, 1.165) is 16.6 Å². The summed E-state index contributed by atoms with van der Waals surface area (Å²) in [5, 5.41) is 0.804. The van der Waals surface area contributed by atoms with Gasteiger partial charge >= 0.3 is 0 Å². The highest BCUT2D eigenvalue weighted by Crippen LogP contribution is 2.30. The molecule has 0 spiro atoms. The Balaban J connectivity index is 2.26. The number of benzene rings is 1. The Hall–Kier alpha value is -2.49. The first-order valence-corrected chi connectivity index (χ1v) is 6.01. The highest BCUT2D eigenvalue weighted by molar-refractivity contribution is 6.32. The smallest absolute Gasteiger partial charge is 0.261 e. The second-order valence-electron chi connectivity index (χ2n) is 4.61. The standard InChI is InChI=1S/C15H12N2O2/c1-9-7-14(18)17(15(9)19)13-8-10(2)16-12-6-4-3-5-11(12)13/h3-8H,1-2H3. The Labute approximate surface area is 110 Å². The van der Waals surface area contributed by atoms with Gasteiger partial charge in [-0.05, 0) is 26.0 Å². The van der Waals surface area contributed by atoms with E-state index in [1.54, 1.807) is 13.0 Å². The lowest BCUT2D eigenvalue weighted by molar-refractivity contribution is -0.120. The van der Waals surface area contributed by atoms with Gasteiger partial charge in [0.15, 0.2) is 0 Å². The number of rotatable bonds is 1. The zero-order chi connectivity index (χ0) is 13.6. The summed E-state index contributed by atoms with van der Waals surface area (Å²) in [4.78, 5) is 29.7. The molecule has 4 heteroatoms. The molecule has 2 aromatic rings. The molecule has 0 unspecified atom stereocenters. The van der Waals surface area contributed by atoms with Gasteiger partial charge in [0, 0.05) is 22.7 Å². The number of amides is 2. The molecule has 2 amide bonds. The number of nitrogens with zero attached hydrogens (tertiary/aromatic N) is 2. The van der Waals surface area contributed by atoms with Crippen LogP contribution in [0.15, 0.2) is 42.0 Å². The summed E-state index contributed by atoms with van der Waals surface area (Å²) in [6.45, 7) is 3.50. The maximum Gasteiger partial charge on any atom is 0.261 e. The van der Waals surface area contributed by atoms with Gasteiger partial charge in [-0.25, -0.2) is 4.90 Å². The number of aromatic nitrogens is 1. The summed E-state index contributed by atoms with van der Waals surface area (Å²) in [5.41, 5.74) is 2.62. The van der Waals surface area contributed by atoms with Gasteiger partial charge in [-0.3, -0.25) is 14.6 Å². The minimum Gasteiger partial charge on any atom is -0.269 e. The molecule has 1 aliphatic rings. The van der Waals surface area contributed by atoms with Gasteiger partial charge in [0.2, 0.25) is 0 Å². The largest absolute Gasteiger partial charge is 0.269 e. The molecule has 4 nitrogen and oxygen atoms in total. The molecule has 1 aliphatic heterocycles. The van der Waals surface area contributed by atoms with Crippen LogP contribution in [0.4, 0.5) is 5.69 Å². The van der Waals surface area contributed by atoms with Crippen molar-refractivity contribution in [2.75, 3.05) is 4.90 Å². The van der Waals surface area contributed by atoms with E-state index in [-0.39, 0.29) is 11.8 Å². The number of hydrogen-bond acceptors (Lipinski definition) is 3. The van der Waals surface area contributed by atoms with Crippen LogP contribution in [0.5, 0.6) is 0 Å². The lowest BCUT2D eigenvalue weighted by Gasteiger charge is -2.17. The molecule has 94 valence electrons. The van der Waals surface area contributed by atoms with Crippen molar-refractivity contribution >= 4 is 28.4 Å². The Morgan fingerprint density at radius 2 is 1.84 bits per heavy atom. The predicted octanol–water partition coefficient (Wildman–Crippen LogP) is 2.36. The third kappa shape index (κ3) is 1.73. The maximum atomic E-state index is 12.1. The van der Waals surface area contributed by atoms with Crippen molar-refractivity contribution in [3.8, 4) is 0 Å². The summed E-state index contributed by atoms with van der Waals surface area (Å²) >= 11 is 0. The van der Waals surface area contributed by atoms with Crippen LogP contribution in [-0.2, 0) is 9.59 Å². The number of carbonyl (C=O) groups is 2. The zero-order valence-electron chi connectivity index (χ0n) is 10.7. The minimum absolute atomic E-state index is 0.263. The number of pyridine rings is 1. The molecule has 0 radical (unpaired) electrons. The number of anilines is 1. The fourth-order valence-electron chi connectivity index (χ4n) is 2.29. The number of imide groups is 1. The van der Waals surface area contributed by atoms with Crippen molar-refractivity contribution in [1.29, 1.82) is 0 Å². The molecular formula is C15H12N2O2. The molecule has 0 atom stereocenters. The molecule has 2 heterocycles. The van der Waals surface area contributed by atoms with Gasteiger partial charge in [-0.15, -0.1) is 0 Å². The van der Waals surface area contributed by atoms with E-state index in [9.17, 15) is 9.59 Å². The van der Waals surface area contributed by atoms with Gasteiger partial charge < -0.3 is 0 Å². The fourth-order valence-corrected chi connectivity index (χ4v) is 2.29. The zero-order valence-corrected chi connectivity index (χ0v) is 10.7. The molecule has 0 bridgehead atoms. The molecule has 19 heavy (non-hydrogen) atoms. The average molecular weight is 252 g/mol. The molecular weight excluding hydrogens is 240 g/mol. The van der Waals surface area contributed by atoms with Crippen molar-refractivity contribution in [2.24, 2.45) is 0 Å². The first-order chi connectivity index (χ1) is 9.08. The van der Waals surface area contributed by atoms with Crippen molar-refractivity contribution in [3.63, 3.8) is 0 Å². The Morgan fingerprint density at radius 3 is 2.53 bits per heavy atom. The topological polar surface area (TPSA) is 50.3 Å². The van der Waals surface area contributed by atoms with Crippen molar-refractivity contribution in [2.45, 2.75) is 13.8 Å². The van der Waals surface area contributed by atoms with Crippen LogP contribution in [0.3, 0.4) is 0 Å². The monoisotopic (exact) mass is 252 g/mol. The first kappa shape index (κ1) is 11.6. The van der Waals surface area contributed by atoms with Gasteiger partial charge in [0.05, 0.1) is 11.2 Å². The van der Waals surface area contributed by atoms with Crippen LogP contribution in [0.25, 0.3) is 10.9 Å². The molecule has 3 rings (SSSR count). The third-order valence-corrected chi connectivity index (χ3v) is 3.16. The summed E-state index contributed by atoms with van der Waals surface area (Å²) < 4.78 is 0. The molecule has 0 saturated heterocycles. The number of fused-ring (bicyclic) bond motifs is 1. The van der Waals surface area contributed by atoms with Gasteiger partial charge in [0.1, 0.15) is 0 Å². The van der Waals surface area contributed by atoms with Crippen molar-refractivity contribution in [3.05, 3.63) is 47.7 Å². The second-order valence-corrected chi connectivity index (χ2v) is 4.61. The normalized spacial score (nSPS) is 15.3. The number of carbonyl (C=O) groups excluding carboxylic acids is 2. The number of aryl methyl sites for hydroxylation is 1. The van der Waals surface area contributed by atoms with E-state index in [1.807, 2.05) is 31.2 Å². The van der Waals surface area contributed by atoms with Crippen molar-refractivity contribution < 1.29 is 9.59 Å². The summed E-state index contributed by atoms with van der Waals surface area (Å²) in [6, 6.07) is 9.26. The van der Waals surface area contributed by atoms with Gasteiger partial charge in [-0.1, -0.05) is 18.2 Å². The van der Waals surface area contributed by atoms with Gasteiger partial charge in [0.25, 0.3) is 11.8 Å². The Bertz CT molecular complexity index is 747. The first-order valence-electron chi connectivity index (χ1n) is 6.01. The molecule has 0 N–H and O–H groups in total. The van der Waals surface area contributed by atoms with E-state index in [0.29, 0.717) is 11.3 Å². The van der Waals surface area contributed by atoms with E-state index >= 15 is 0 Å². The molecule has 1 aromatic heterocycles. The summed E-state index contributed by atoms with van der Waals surface area (Å²) in [6.07, 6.45) is 1.37. The average Bonchev–Trinajstić information content (AvgIpc) is 2.62. The third-order valence-electron chi connectivity index (χ3n) is 3.16. The SMILES string of the molecule is CC1=CC(=O)N(c2cc(C)nc3ccccc23)C1=O. The predicted molar refractivity (Wildman–Crippen MR) is 72.7 cm³/mol. The van der Waals surface area contributed by atoms with E-state index < -0.39 is 0 Å². The minimum atomic E-state index is -0.293. The van der Waals surface area contributed by atoms with Crippen LogP contribution >= 0.6 is 0 Å². The van der Waals surface area contributed by atoms with Crippen LogP contribution in [0.2, 0.25) is 0 Å². The lowest BCUT2D eigenvalue weighted by atomic mass is 10.1. The Kier molecular flexibility index (Phi) is 2.45.